The molecule has 4 heterocycles. The first-order chi connectivity index (χ1) is 15.2. The Morgan fingerprint density at radius 3 is 2.72 bits per heavy atom. The molecule has 2 aliphatic rings. The van der Waals surface area contributed by atoms with E-state index in [0.717, 1.165) is 16.5 Å². The SMILES string of the molecule is CC[C@@]1(O)C(=O)OCc2c1cc1n(c2=O)Cc2c-1nc1cc(F)c(C)cc1c2CC(C)O. The summed E-state index contributed by atoms with van der Waals surface area (Å²) in [4.78, 5) is 30.3. The number of ether oxygens (including phenoxy) is 1. The first-order valence-corrected chi connectivity index (χ1v) is 10.6. The summed E-state index contributed by atoms with van der Waals surface area (Å²) in [5, 5.41) is 21.9. The number of carbonyl (C=O) groups is 1. The van der Waals surface area contributed by atoms with Gasteiger partial charge in [0, 0.05) is 22.6 Å². The molecule has 2 N–H and O–H groups in total. The highest BCUT2D eigenvalue weighted by atomic mass is 19.1. The highest BCUT2D eigenvalue weighted by molar-refractivity contribution is 5.89. The summed E-state index contributed by atoms with van der Waals surface area (Å²) < 4.78 is 21.0. The van der Waals surface area contributed by atoms with Gasteiger partial charge in [-0.25, -0.2) is 14.2 Å². The van der Waals surface area contributed by atoms with Crippen molar-refractivity contribution in [2.75, 3.05) is 0 Å². The largest absolute Gasteiger partial charge is 0.458 e. The number of rotatable bonds is 3. The fraction of sp³-hybridized carbons (Fsp3) is 0.375. The van der Waals surface area contributed by atoms with Gasteiger partial charge in [-0.15, -0.1) is 0 Å². The number of aliphatic hydroxyl groups excluding tert-OH is 1. The maximum atomic E-state index is 14.3. The van der Waals surface area contributed by atoms with Crippen LogP contribution in [0.4, 0.5) is 4.39 Å². The molecule has 0 bridgehead atoms. The second-order valence-corrected chi connectivity index (χ2v) is 8.69. The number of aromatic nitrogens is 2. The van der Waals surface area contributed by atoms with E-state index in [1.54, 1.807) is 37.5 Å². The molecule has 0 amide bonds. The van der Waals surface area contributed by atoms with E-state index >= 15 is 0 Å². The molecule has 0 aliphatic carbocycles. The van der Waals surface area contributed by atoms with E-state index in [9.17, 15) is 24.2 Å². The lowest BCUT2D eigenvalue weighted by Crippen LogP contribution is -2.44. The third-order valence-electron chi connectivity index (χ3n) is 6.59. The standard InChI is InChI=1S/C24H23FN2O5/c1-4-24(31)17-7-20-21-15(9-27(20)22(29)16(17)10-32-23(24)30)13(6-12(3)28)14-5-11(2)18(25)8-19(14)26-21/h5,7-8,12,28,31H,4,6,9-10H2,1-3H3/t12?,24-/m0/s1. The molecule has 0 saturated carbocycles. The van der Waals surface area contributed by atoms with Gasteiger partial charge in [0.15, 0.2) is 5.60 Å². The zero-order chi connectivity index (χ0) is 22.9. The Hall–Kier alpha value is -3.10. The number of esters is 1. The van der Waals surface area contributed by atoms with Gasteiger partial charge in [0.25, 0.3) is 5.56 Å². The van der Waals surface area contributed by atoms with Crippen molar-refractivity contribution in [3.8, 4) is 11.4 Å². The van der Waals surface area contributed by atoms with Gasteiger partial charge < -0.3 is 19.5 Å². The van der Waals surface area contributed by atoms with Crippen LogP contribution in [0.5, 0.6) is 0 Å². The topological polar surface area (TPSA) is 102 Å². The number of hydrogen-bond acceptors (Lipinski definition) is 6. The van der Waals surface area contributed by atoms with Gasteiger partial charge in [-0.1, -0.05) is 6.92 Å². The summed E-state index contributed by atoms with van der Waals surface area (Å²) in [6.07, 6.45) is -0.285. The number of fused-ring (bicyclic) bond motifs is 5. The molecule has 1 aromatic carbocycles. The number of benzene rings is 1. The Labute approximate surface area is 183 Å². The third kappa shape index (κ3) is 2.76. The minimum absolute atomic E-state index is 0.0531. The summed E-state index contributed by atoms with van der Waals surface area (Å²) in [6.45, 7) is 5.02. The van der Waals surface area contributed by atoms with Gasteiger partial charge in [0.2, 0.25) is 0 Å². The van der Waals surface area contributed by atoms with Crippen LogP contribution in [0.15, 0.2) is 23.0 Å². The van der Waals surface area contributed by atoms with E-state index in [0.29, 0.717) is 28.9 Å². The molecule has 166 valence electrons. The molecule has 32 heavy (non-hydrogen) atoms. The van der Waals surface area contributed by atoms with Crippen molar-refractivity contribution in [2.45, 2.75) is 58.5 Å². The maximum Gasteiger partial charge on any atom is 0.343 e. The third-order valence-corrected chi connectivity index (χ3v) is 6.59. The first kappa shape index (κ1) is 20.8. The van der Waals surface area contributed by atoms with Gasteiger partial charge in [0.05, 0.1) is 35.1 Å². The molecule has 2 atom stereocenters. The molecule has 7 nitrogen and oxygen atoms in total. The van der Waals surface area contributed by atoms with Crippen LogP contribution in [0.2, 0.25) is 0 Å². The lowest BCUT2D eigenvalue weighted by Gasteiger charge is -2.31. The van der Waals surface area contributed by atoms with Crippen LogP contribution in [0.25, 0.3) is 22.3 Å². The van der Waals surface area contributed by atoms with Gasteiger partial charge in [0.1, 0.15) is 12.4 Å². The summed E-state index contributed by atoms with van der Waals surface area (Å²) >= 11 is 0. The number of cyclic esters (lactones) is 1. The summed E-state index contributed by atoms with van der Waals surface area (Å²) in [6, 6.07) is 4.70. The monoisotopic (exact) mass is 438 g/mol. The van der Waals surface area contributed by atoms with Crippen LogP contribution in [0.3, 0.4) is 0 Å². The van der Waals surface area contributed by atoms with Crippen LogP contribution in [-0.4, -0.2) is 31.8 Å². The lowest BCUT2D eigenvalue weighted by atomic mass is 9.86. The van der Waals surface area contributed by atoms with Crippen molar-refractivity contribution in [2.24, 2.45) is 0 Å². The predicted molar refractivity (Wildman–Crippen MR) is 115 cm³/mol. The van der Waals surface area contributed by atoms with Crippen LogP contribution in [0, 0.1) is 12.7 Å². The van der Waals surface area contributed by atoms with E-state index in [-0.39, 0.29) is 36.3 Å². The molecule has 8 heteroatoms. The fourth-order valence-corrected chi connectivity index (χ4v) is 4.82. The molecule has 0 saturated heterocycles. The van der Waals surface area contributed by atoms with Gasteiger partial charge in [-0.3, -0.25) is 4.79 Å². The Kier molecular flexibility index (Phi) is 4.51. The molecule has 2 aliphatic heterocycles. The van der Waals surface area contributed by atoms with Crippen LogP contribution in [0.1, 0.15) is 48.1 Å². The number of aryl methyl sites for hydroxylation is 1. The zero-order valence-electron chi connectivity index (χ0n) is 18.0. The predicted octanol–water partition coefficient (Wildman–Crippen LogP) is 2.45. The number of halogens is 1. The van der Waals surface area contributed by atoms with Crippen molar-refractivity contribution < 1.29 is 24.1 Å². The molecular formula is C24H23FN2O5. The van der Waals surface area contributed by atoms with Crippen LogP contribution >= 0.6 is 0 Å². The van der Waals surface area contributed by atoms with E-state index in [4.69, 9.17) is 4.74 Å². The fourth-order valence-electron chi connectivity index (χ4n) is 4.82. The average Bonchev–Trinajstić information content (AvgIpc) is 3.11. The van der Waals surface area contributed by atoms with Crippen LogP contribution < -0.4 is 5.56 Å². The first-order valence-electron chi connectivity index (χ1n) is 10.6. The molecule has 3 aromatic rings. The van der Waals surface area contributed by atoms with Gasteiger partial charge in [-0.2, -0.15) is 0 Å². The average molecular weight is 438 g/mol. The molecule has 2 aromatic heterocycles. The molecule has 1 unspecified atom stereocenters. The van der Waals surface area contributed by atoms with Gasteiger partial charge >= 0.3 is 5.97 Å². The normalized spacial score (nSPS) is 20.0. The minimum Gasteiger partial charge on any atom is -0.458 e. The summed E-state index contributed by atoms with van der Waals surface area (Å²) in [5.74, 6) is -1.18. The molecule has 0 fully saturated rings. The van der Waals surface area contributed by atoms with Gasteiger partial charge in [-0.05, 0) is 49.9 Å². The summed E-state index contributed by atoms with van der Waals surface area (Å²) in [7, 11) is 0. The van der Waals surface area contributed by atoms with Crippen molar-refractivity contribution in [3.05, 3.63) is 62.2 Å². The highest BCUT2D eigenvalue weighted by Crippen LogP contribution is 2.40. The number of nitrogens with zero attached hydrogens (tertiary/aromatic N) is 2. The van der Waals surface area contributed by atoms with E-state index < -0.39 is 23.5 Å². The molecule has 0 radical (unpaired) electrons. The van der Waals surface area contributed by atoms with E-state index in [1.165, 1.54) is 6.07 Å². The summed E-state index contributed by atoms with van der Waals surface area (Å²) in [5.41, 5.74) is 1.64. The molecular weight excluding hydrogens is 415 g/mol. The number of hydrogen-bond donors (Lipinski definition) is 2. The second-order valence-electron chi connectivity index (χ2n) is 8.69. The Morgan fingerprint density at radius 2 is 2.03 bits per heavy atom. The zero-order valence-corrected chi connectivity index (χ0v) is 18.0. The lowest BCUT2D eigenvalue weighted by molar-refractivity contribution is -0.172. The second kappa shape index (κ2) is 6.95. The van der Waals surface area contributed by atoms with Crippen molar-refractivity contribution in [1.82, 2.24) is 9.55 Å². The molecule has 5 rings (SSSR count). The quantitative estimate of drug-likeness (QED) is 0.477. The van der Waals surface area contributed by atoms with E-state index in [2.05, 4.69) is 4.98 Å². The number of carbonyl (C=O) groups excluding carboxylic acids is 1. The Balaban J connectivity index is 1.84. The molecule has 0 spiro atoms. The van der Waals surface area contributed by atoms with Crippen molar-refractivity contribution in [3.63, 3.8) is 0 Å². The van der Waals surface area contributed by atoms with Crippen molar-refractivity contribution >= 4 is 16.9 Å². The van der Waals surface area contributed by atoms with Crippen LogP contribution in [-0.2, 0) is 34.7 Å². The van der Waals surface area contributed by atoms with Crippen molar-refractivity contribution in [1.29, 1.82) is 0 Å². The number of aliphatic hydroxyl groups is 2. The Bertz CT molecular complexity index is 1380. The maximum absolute atomic E-state index is 14.3. The van der Waals surface area contributed by atoms with E-state index in [1.807, 2.05) is 0 Å². The minimum atomic E-state index is -1.91. The smallest absolute Gasteiger partial charge is 0.343 e. The highest BCUT2D eigenvalue weighted by Gasteiger charge is 2.45. The Morgan fingerprint density at radius 1 is 1.28 bits per heavy atom. The number of pyridine rings is 2.